The molecule has 2 aliphatic carbocycles. The minimum absolute atomic E-state index is 0.453. The van der Waals surface area contributed by atoms with Crippen molar-refractivity contribution in [2.45, 2.75) is 44.4 Å². The maximum absolute atomic E-state index is 4.21. The zero-order chi connectivity index (χ0) is 25.7. The van der Waals surface area contributed by atoms with E-state index in [1.165, 1.54) is 41.5 Å². The SMILES string of the molecule is C1=CNc2ccccc2N=C1.C[C@@H]1CCCc2ccc3c(c21)CC(/C=C/c1ccccc1)c1ccccc1-3. The van der Waals surface area contributed by atoms with Crippen LogP contribution in [0.15, 0.2) is 114 Å². The van der Waals surface area contributed by atoms with Crippen molar-refractivity contribution in [2.75, 3.05) is 5.32 Å². The second-order valence-corrected chi connectivity index (χ2v) is 10.4. The molecule has 2 nitrogen and oxygen atoms in total. The highest BCUT2D eigenvalue weighted by molar-refractivity contribution is 5.81. The molecule has 0 spiro atoms. The van der Waals surface area contributed by atoms with Crippen LogP contribution < -0.4 is 5.32 Å². The van der Waals surface area contributed by atoms with Gasteiger partial charge in [0, 0.05) is 18.3 Å². The summed E-state index contributed by atoms with van der Waals surface area (Å²) in [5.41, 5.74) is 12.6. The Kier molecular flexibility index (Phi) is 7.04. The highest BCUT2D eigenvalue weighted by atomic mass is 14.9. The topological polar surface area (TPSA) is 24.4 Å². The third-order valence-electron chi connectivity index (χ3n) is 7.96. The molecule has 2 atom stereocenters. The van der Waals surface area contributed by atoms with Crippen molar-refractivity contribution in [1.82, 2.24) is 0 Å². The zero-order valence-electron chi connectivity index (χ0n) is 22.0. The van der Waals surface area contributed by atoms with Gasteiger partial charge < -0.3 is 5.32 Å². The third kappa shape index (κ3) is 4.99. The molecular formula is C36H34N2. The van der Waals surface area contributed by atoms with Gasteiger partial charge in [-0.05, 0) is 88.8 Å². The van der Waals surface area contributed by atoms with Gasteiger partial charge in [0.05, 0.1) is 11.4 Å². The Labute approximate surface area is 226 Å². The van der Waals surface area contributed by atoms with E-state index < -0.39 is 0 Å². The summed E-state index contributed by atoms with van der Waals surface area (Å²) in [7, 11) is 0. The maximum Gasteiger partial charge on any atom is 0.0864 e. The summed E-state index contributed by atoms with van der Waals surface area (Å²) in [4.78, 5) is 4.21. The normalized spacial score (nSPS) is 18.7. The van der Waals surface area contributed by atoms with E-state index in [2.05, 4.69) is 96.1 Å². The fourth-order valence-corrected chi connectivity index (χ4v) is 6.13. The molecule has 7 rings (SSSR count). The van der Waals surface area contributed by atoms with Crippen molar-refractivity contribution in [3.8, 4) is 11.1 Å². The van der Waals surface area contributed by atoms with Gasteiger partial charge in [0.25, 0.3) is 0 Å². The molecule has 0 saturated heterocycles. The van der Waals surface area contributed by atoms with E-state index in [9.17, 15) is 0 Å². The molecule has 1 N–H and O–H groups in total. The van der Waals surface area contributed by atoms with E-state index in [1.54, 1.807) is 22.9 Å². The minimum Gasteiger partial charge on any atom is -0.360 e. The first-order valence-corrected chi connectivity index (χ1v) is 13.8. The molecule has 3 aliphatic rings. The van der Waals surface area contributed by atoms with Crippen LogP contribution >= 0.6 is 0 Å². The molecule has 0 fully saturated rings. The van der Waals surface area contributed by atoms with Crippen LogP contribution in [-0.4, -0.2) is 6.21 Å². The molecule has 0 radical (unpaired) electrons. The standard InChI is InChI=1S/C27H26.C9H8N2/c1-19-8-7-11-21-16-17-25-24-13-6-5-12-23(24)22(18-26(25)27(19)21)15-14-20-9-3-2-4-10-20;1-2-5-9-8(4-1)10-6-3-7-11-9/h2-6,9-10,12-17,19,22H,7-8,11,18H2,1H3;1-7,10H/b15-14+;/t19-,22?;/m1./s1. The fourth-order valence-electron chi connectivity index (χ4n) is 6.13. The molecule has 1 unspecified atom stereocenters. The number of benzene rings is 4. The molecule has 4 aromatic carbocycles. The van der Waals surface area contributed by atoms with Gasteiger partial charge >= 0.3 is 0 Å². The fraction of sp³-hybridized carbons (Fsp3) is 0.194. The lowest BCUT2D eigenvalue weighted by Crippen LogP contribution is -2.17. The summed E-state index contributed by atoms with van der Waals surface area (Å²) in [5.74, 6) is 1.14. The van der Waals surface area contributed by atoms with Crippen molar-refractivity contribution in [1.29, 1.82) is 0 Å². The van der Waals surface area contributed by atoms with Crippen molar-refractivity contribution in [3.05, 3.63) is 137 Å². The van der Waals surface area contributed by atoms with Crippen molar-refractivity contribution < 1.29 is 0 Å². The Morgan fingerprint density at radius 1 is 0.842 bits per heavy atom. The van der Waals surface area contributed by atoms with Crippen molar-refractivity contribution in [3.63, 3.8) is 0 Å². The lowest BCUT2D eigenvalue weighted by Gasteiger charge is -2.33. The van der Waals surface area contributed by atoms with E-state index >= 15 is 0 Å². The summed E-state index contributed by atoms with van der Waals surface area (Å²) in [6.07, 6.45) is 15.3. The Balaban J connectivity index is 0.000000200. The monoisotopic (exact) mass is 494 g/mol. The predicted octanol–water partition coefficient (Wildman–Crippen LogP) is 9.47. The summed E-state index contributed by atoms with van der Waals surface area (Å²) in [6, 6.07) is 32.4. The van der Waals surface area contributed by atoms with Crippen LogP contribution in [0.2, 0.25) is 0 Å². The third-order valence-corrected chi connectivity index (χ3v) is 7.96. The predicted molar refractivity (Wildman–Crippen MR) is 163 cm³/mol. The summed E-state index contributed by atoms with van der Waals surface area (Å²) >= 11 is 0. The number of para-hydroxylation sites is 2. The quantitative estimate of drug-likeness (QED) is 0.295. The first-order valence-electron chi connectivity index (χ1n) is 13.8. The van der Waals surface area contributed by atoms with Crippen LogP contribution in [0.3, 0.4) is 0 Å². The smallest absolute Gasteiger partial charge is 0.0864 e. The van der Waals surface area contributed by atoms with Gasteiger partial charge in [0.1, 0.15) is 0 Å². The summed E-state index contributed by atoms with van der Waals surface area (Å²) < 4.78 is 0. The number of fused-ring (bicyclic) bond motifs is 6. The Morgan fingerprint density at radius 2 is 1.66 bits per heavy atom. The number of nitrogens with zero attached hydrogens (tertiary/aromatic N) is 1. The molecule has 0 amide bonds. The number of aryl methyl sites for hydroxylation is 1. The largest absolute Gasteiger partial charge is 0.360 e. The van der Waals surface area contributed by atoms with Gasteiger partial charge in [-0.2, -0.15) is 0 Å². The van der Waals surface area contributed by atoms with Crippen molar-refractivity contribution >= 4 is 23.7 Å². The molecule has 0 bridgehead atoms. The summed E-state index contributed by atoms with van der Waals surface area (Å²) in [5, 5.41) is 3.12. The van der Waals surface area contributed by atoms with Gasteiger partial charge in [-0.3, -0.25) is 4.99 Å². The zero-order valence-corrected chi connectivity index (χ0v) is 22.0. The molecule has 4 aromatic rings. The number of allylic oxidation sites excluding steroid dienone is 2. The first kappa shape index (κ1) is 24.2. The number of aliphatic imine (C=N–C) groups is 1. The van der Waals surface area contributed by atoms with E-state index in [0.29, 0.717) is 11.8 Å². The first-order chi connectivity index (χ1) is 18.8. The lowest BCUT2D eigenvalue weighted by atomic mass is 9.71. The van der Waals surface area contributed by atoms with Gasteiger partial charge in [0.2, 0.25) is 0 Å². The highest BCUT2D eigenvalue weighted by Gasteiger charge is 2.29. The van der Waals surface area contributed by atoms with E-state index in [0.717, 1.165) is 17.8 Å². The van der Waals surface area contributed by atoms with E-state index in [-0.39, 0.29) is 0 Å². The van der Waals surface area contributed by atoms with E-state index in [4.69, 9.17) is 0 Å². The average molecular weight is 495 g/mol. The molecule has 1 aliphatic heterocycles. The molecule has 0 aromatic heterocycles. The second kappa shape index (κ2) is 11.1. The molecule has 0 saturated carbocycles. The van der Waals surface area contributed by atoms with Crippen LogP contribution in [0, 0.1) is 0 Å². The Morgan fingerprint density at radius 3 is 2.58 bits per heavy atom. The van der Waals surface area contributed by atoms with Crippen LogP contribution in [0.1, 0.15) is 59.4 Å². The number of rotatable bonds is 2. The molecular weight excluding hydrogens is 460 g/mol. The van der Waals surface area contributed by atoms with Crippen LogP contribution in [0.5, 0.6) is 0 Å². The molecule has 38 heavy (non-hydrogen) atoms. The van der Waals surface area contributed by atoms with Crippen LogP contribution in [0.4, 0.5) is 11.4 Å². The van der Waals surface area contributed by atoms with Crippen LogP contribution in [-0.2, 0) is 12.8 Å². The average Bonchev–Trinajstić information content (AvgIpc) is 3.22. The van der Waals surface area contributed by atoms with Crippen molar-refractivity contribution in [2.24, 2.45) is 4.99 Å². The lowest BCUT2D eigenvalue weighted by molar-refractivity contribution is 0.581. The van der Waals surface area contributed by atoms with Crippen LogP contribution in [0.25, 0.3) is 17.2 Å². The van der Waals surface area contributed by atoms with Gasteiger partial charge in [-0.15, -0.1) is 0 Å². The Hall–Kier alpha value is -4.17. The Bertz CT molecular complexity index is 1510. The number of hydrogen-bond acceptors (Lipinski definition) is 2. The minimum atomic E-state index is 0.453. The number of nitrogens with one attached hydrogen (secondary N) is 1. The second-order valence-electron chi connectivity index (χ2n) is 10.4. The summed E-state index contributed by atoms with van der Waals surface area (Å²) in [6.45, 7) is 2.42. The molecule has 188 valence electrons. The number of anilines is 1. The highest BCUT2D eigenvalue weighted by Crippen LogP contribution is 2.46. The van der Waals surface area contributed by atoms with E-state index in [1.807, 2.05) is 36.5 Å². The van der Waals surface area contributed by atoms with Gasteiger partial charge in [-0.1, -0.05) is 97.9 Å². The molecule has 1 heterocycles. The van der Waals surface area contributed by atoms with Gasteiger partial charge in [0.15, 0.2) is 0 Å². The number of hydrogen-bond donors (Lipinski definition) is 1. The molecule has 2 heteroatoms. The van der Waals surface area contributed by atoms with Gasteiger partial charge in [-0.25, -0.2) is 0 Å². The maximum atomic E-state index is 4.21.